The first-order valence-corrected chi connectivity index (χ1v) is 6.94. The maximum atomic E-state index is 12.3. The number of nitrogens with one attached hydrogen (secondary N) is 1. The van der Waals surface area contributed by atoms with Gasteiger partial charge in [0.05, 0.1) is 0 Å². The summed E-state index contributed by atoms with van der Waals surface area (Å²) in [4.78, 5) is 27.3. The Hall–Kier alpha value is -2.68. The van der Waals surface area contributed by atoms with Crippen LogP contribution in [0, 0.1) is 0 Å². The number of carbonyl (C=O) groups excluding carboxylic acids is 1. The van der Waals surface area contributed by atoms with E-state index in [0.29, 0.717) is 17.4 Å². The lowest BCUT2D eigenvalue weighted by molar-refractivity contribution is 0.0988. The minimum atomic E-state index is -0.0756. The maximum Gasteiger partial charge on any atom is 0.190 e. The molecule has 21 heavy (non-hydrogen) atoms. The number of aromatic amines is 1. The summed E-state index contributed by atoms with van der Waals surface area (Å²) in [6, 6.07) is 16.5. The van der Waals surface area contributed by atoms with Crippen LogP contribution in [-0.2, 0) is 0 Å². The Kier molecular flexibility index (Phi) is 3.40. The lowest BCUT2D eigenvalue weighted by Gasteiger charge is -2.06. The van der Waals surface area contributed by atoms with Crippen LogP contribution in [0.3, 0.4) is 0 Å². The van der Waals surface area contributed by atoms with E-state index in [9.17, 15) is 9.59 Å². The van der Waals surface area contributed by atoms with E-state index in [1.54, 1.807) is 24.3 Å². The van der Waals surface area contributed by atoms with Crippen LogP contribution in [0.4, 0.5) is 0 Å². The first-order valence-electron chi connectivity index (χ1n) is 6.94. The summed E-state index contributed by atoms with van der Waals surface area (Å²) >= 11 is 0. The Labute approximate surface area is 122 Å². The minimum Gasteiger partial charge on any atom is -0.354 e. The van der Waals surface area contributed by atoms with Gasteiger partial charge in [-0.05, 0) is 23.8 Å². The molecule has 104 valence electrons. The van der Waals surface area contributed by atoms with Crippen molar-refractivity contribution in [2.75, 3.05) is 0 Å². The zero-order chi connectivity index (χ0) is 14.8. The number of pyridine rings is 1. The number of Topliss-reactive ketones (excluding diaryl/α,β-unsaturated/α-hetero) is 1. The molecule has 0 aliphatic rings. The maximum absolute atomic E-state index is 12.3. The summed E-state index contributed by atoms with van der Waals surface area (Å²) in [7, 11) is 0. The quantitative estimate of drug-likeness (QED) is 0.740. The van der Waals surface area contributed by atoms with E-state index >= 15 is 0 Å². The summed E-state index contributed by atoms with van der Waals surface area (Å²) in [5, 5.41) is 0.550. The highest BCUT2D eigenvalue weighted by Gasteiger charge is 2.08. The predicted octanol–water partition coefficient (Wildman–Crippen LogP) is 3.79. The molecule has 0 unspecified atom stereocenters. The molecule has 1 heterocycles. The van der Waals surface area contributed by atoms with Gasteiger partial charge in [0.25, 0.3) is 0 Å². The largest absolute Gasteiger partial charge is 0.354 e. The molecule has 2 aromatic carbocycles. The first-order chi connectivity index (χ1) is 10.2. The van der Waals surface area contributed by atoms with E-state index in [1.165, 1.54) is 0 Å². The van der Waals surface area contributed by atoms with Gasteiger partial charge in [0.1, 0.15) is 0 Å². The molecule has 3 nitrogen and oxygen atoms in total. The molecule has 3 aromatic rings. The van der Waals surface area contributed by atoms with Gasteiger partial charge in [-0.1, -0.05) is 37.3 Å². The third kappa shape index (κ3) is 2.50. The molecule has 1 aromatic heterocycles. The van der Waals surface area contributed by atoms with Crippen LogP contribution < -0.4 is 5.43 Å². The second-order valence-corrected chi connectivity index (χ2v) is 4.95. The normalized spacial score (nSPS) is 10.7. The minimum absolute atomic E-state index is 0.0448. The molecule has 0 aliphatic carbocycles. The third-order valence-electron chi connectivity index (χ3n) is 3.56. The fourth-order valence-corrected chi connectivity index (χ4v) is 2.40. The van der Waals surface area contributed by atoms with E-state index in [0.717, 1.165) is 16.8 Å². The van der Waals surface area contributed by atoms with Gasteiger partial charge in [0, 0.05) is 34.6 Å². The molecule has 0 saturated carbocycles. The highest BCUT2D eigenvalue weighted by atomic mass is 16.1. The van der Waals surface area contributed by atoms with Gasteiger partial charge in [0.2, 0.25) is 0 Å². The zero-order valence-electron chi connectivity index (χ0n) is 11.7. The standard InChI is InChI=1S/C18H15NO2/c1-2-17(20)13-8-9-15-14(10-13)18(21)11-16(19-15)12-6-4-3-5-7-12/h3-11H,2H2,1H3,(H,19,21). The number of hydrogen-bond donors (Lipinski definition) is 1. The summed E-state index contributed by atoms with van der Waals surface area (Å²) in [6.07, 6.45) is 0.436. The molecule has 1 N–H and O–H groups in total. The van der Waals surface area contributed by atoms with Crippen molar-refractivity contribution in [2.45, 2.75) is 13.3 Å². The van der Waals surface area contributed by atoms with Gasteiger partial charge in [-0.25, -0.2) is 0 Å². The Morgan fingerprint density at radius 2 is 1.81 bits per heavy atom. The van der Waals surface area contributed by atoms with Crippen LogP contribution in [0.1, 0.15) is 23.7 Å². The van der Waals surface area contributed by atoms with Crippen molar-refractivity contribution in [3.8, 4) is 11.3 Å². The van der Waals surface area contributed by atoms with Crippen molar-refractivity contribution < 1.29 is 4.79 Å². The van der Waals surface area contributed by atoms with Crippen LogP contribution in [0.25, 0.3) is 22.2 Å². The molecule has 0 atom stereocenters. The van der Waals surface area contributed by atoms with Gasteiger partial charge >= 0.3 is 0 Å². The van der Waals surface area contributed by atoms with Crippen molar-refractivity contribution in [1.82, 2.24) is 4.98 Å². The molecule has 0 aliphatic heterocycles. The zero-order valence-corrected chi connectivity index (χ0v) is 11.7. The van der Waals surface area contributed by atoms with Gasteiger partial charge in [-0.15, -0.1) is 0 Å². The third-order valence-corrected chi connectivity index (χ3v) is 3.56. The van der Waals surface area contributed by atoms with Crippen molar-refractivity contribution in [2.24, 2.45) is 0 Å². The average molecular weight is 277 g/mol. The smallest absolute Gasteiger partial charge is 0.190 e. The van der Waals surface area contributed by atoms with Crippen LogP contribution in [0.2, 0.25) is 0 Å². The van der Waals surface area contributed by atoms with E-state index in [-0.39, 0.29) is 11.2 Å². The number of aromatic nitrogens is 1. The fraction of sp³-hybridized carbons (Fsp3) is 0.111. The van der Waals surface area contributed by atoms with Gasteiger partial charge in [-0.3, -0.25) is 9.59 Å². The summed E-state index contributed by atoms with van der Waals surface area (Å²) in [5.41, 5.74) is 3.00. The Balaban J connectivity index is 2.18. The van der Waals surface area contributed by atoms with E-state index in [4.69, 9.17) is 0 Å². The van der Waals surface area contributed by atoms with Gasteiger partial charge in [0.15, 0.2) is 11.2 Å². The van der Waals surface area contributed by atoms with Crippen LogP contribution >= 0.6 is 0 Å². The van der Waals surface area contributed by atoms with E-state index in [2.05, 4.69) is 4.98 Å². The average Bonchev–Trinajstić information content (AvgIpc) is 2.54. The predicted molar refractivity (Wildman–Crippen MR) is 84.6 cm³/mol. The number of rotatable bonds is 3. The highest BCUT2D eigenvalue weighted by molar-refractivity contribution is 5.99. The number of hydrogen-bond acceptors (Lipinski definition) is 2. The van der Waals surface area contributed by atoms with Crippen molar-refractivity contribution in [3.63, 3.8) is 0 Å². The van der Waals surface area contributed by atoms with Crippen molar-refractivity contribution >= 4 is 16.7 Å². The monoisotopic (exact) mass is 277 g/mol. The lowest BCUT2D eigenvalue weighted by atomic mass is 10.0. The van der Waals surface area contributed by atoms with Gasteiger partial charge in [-0.2, -0.15) is 0 Å². The number of H-pyrrole nitrogens is 1. The number of fused-ring (bicyclic) bond motifs is 1. The molecule has 0 spiro atoms. The highest BCUT2D eigenvalue weighted by Crippen LogP contribution is 2.19. The summed E-state index contributed by atoms with van der Waals surface area (Å²) in [5.74, 6) is 0.0448. The van der Waals surface area contributed by atoms with E-state index in [1.807, 2.05) is 37.3 Å². The van der Waals surface area contributed by atoms with Crippen LogP contribution in [0.5, 0.6) is 0 Å². The summed E-state index contributed by atoms with van der Waals surface area (Å²) < 4.78 is 0. The lowest BCUT2D eigenvalue weighted by Crippen LogP contribution is -2.05. The molecule has 0 bridgehead atoms. The SMILES string of the molecule is CCC(=O)c1ccc2[nH]c(-c3ccccc3)cc(=O)c2c1. The Bertz CT molecular complexity index is 863. The molecule has 3 heteroatoms. The summed E-state index contributed by atoms with van der Waals surface area (Å²) in [6.45, 7) is 1.81. The molecule has 0 amide bonds. The fourth-order valence-electron chi connectivity index (χ4n) is 2.40. The number of carbonyl (C=O) groups is 1. The number of benzene rings is 2. The van der Waals surface area contributed by atoms with Crippen LogP contribution in [-0.4, -0.2) is 10.8 Å². The second-order valence-electron chi connectivity index (χ2n) is 4.95. The van der Waals surface area contributed by atoms with E-state index < -0.39 is 0 Å². The van der Waals surface area contributed by atoms with Crippen molar-refractivity contribution in [1.29, 1.82) is 0 Å². The topological polar surface area (TPSA) is 49.9 Å². The van der Waals surface area contributed by atoms with Gasteiger partial charge < -0.3 is 4.98 Å². The molecule has 3 rings (SSSR count). The molecular weight excluding hydrogens is 262 g/mol. The Morgan fingerprint density at radius 1 is 1.05 bits per heavy atom. The second kappa shape index (κ2) is 5.37. The molecular formula is C18H15NO2. The Morgan fingerprint density at radius 3 is 2.52 bits per heavy atom. The van der Waals surface area contributed by atoms with Crippen LogP contribution in [0.15, 0.2) is 59.4 Å². The molecule has 0 radical (unpaired) electrons. The van der Waals surface area contributed by atoms with Crippen molar-refractivity contribution in [3.05, 3.63) is 70.4 Å². The molecule has 0 fully saturated rings. The number of ketones is 1. The first kappa shape index (κ1) is 13.3. The molecule has 0 saturated heterocycles.